The lowest BCUT2D eigenvalue weighted by Crippen LogP contribution is -2.54. The summed E-state index contributed by atoms with van der Waals surface area (Å²) in [6.07, 6.45) is 0.00311. The Hall–Kier alpha value is -4.73. The average Bonchev–Trinajstić information content (AvgIpc) is 3.68. The van der Waals surface area contributed by atoms with Crippen LogP contribution in [0.1, 0.15) is 56.8 Å². The van der Waals surface area contributed by atoms with E-state index >= 15 is 0 Å². The normalized spacial score (nSPS) is 17.1. The molecule has 234 valence electrons. The number of aryl methyl sites for hydroxylation is 1. The number of nitrogens with one attached hydrogen (secondary N) is 2. The maximum absolute atomic E-state index is 14.6. The summed E-state index contributed by atoms with van der Waals surface area (Å²) in [5.41, 5.74) is 1.47. The summed E-state index contributed by atoms with van der Waals surface area (Å²) in [5.74, 6) is -0.0280. The van der Waals surface area contributed by atoms with Crippen molar-refractivity contribution in [2.45, 2.75) is 71.2 Å². The molecule has 0 radical (unpaired) electrons. The van der Waals surface area contributed by atoms with Gasteiger partial charge in [0.15, 0.2) is 0 Å². The Morgan fingerprint density at radius 1 is 1.00 bits per heavy atom. The summed E-state index contributed by atoms with van der Waals surface area (Å²) in [5, 5.41) is 25.7. The van der Waals surface area contributed by atoms with Gasteiger partial charge in [-0.2, -0.15) is 0 Å². The molecule has 0 saturated heterocycles. The Morgan fingerprint density at radius 3 is 2.18 bits per heavy atom. The largest absolute Gasteiger partial charge is 0.508 e. The zero-order valence-corrected chi connectivity index (χ0v) is 26.0. The molecule has 0 heterocycles. The topological polar surface area (TPSA) is 137 Å². The molecule has 3 aromatic carbocycles. The van der Waals surface area contributed by atoms with Gasteiger partial charge in [0, 0.05) is 18.2 Å². The van der Waals surface area contributed by atoms with Crippen LogP contribution in [-0.4, -0.2) is 57.8 Å². The number of hydrogen-bond donors (Lipinski definition) is 4. The summed E-state index contributed by atoms with van der Waals surface area (Å²) < 4.78 is 10.7. The molecule has 0 bridgehead atoms. The Bertz CT molecular complexity index is 1480. The van der Waals surface area contributed by atoms with Gasteiger partial charge in [-0.1, -0.05) is 25.1 Å². The first kappa shape index (κ1) is 32.2. The van der Waals surface area contributed by atoms with Crippen LogP contribution in [0.4, 0.5) is 10.5 Å². The van der Waals surface area contributed by atoms with Crippen molar-refractivity contribution in [3.8, 4) is 17.2 Å². The first-order chi connectivity index (χ1) is 20.8. The van der Waals surface area contributed by atoms with Crippen molar-refractivity contribution in [3.05, 3.63) is 83.4 Å². The minimum absolute atomic E-state index is 0.0672. The van der Waals surface area contributed by atoms with Crippen LogP contribution in [0.2, 0.25) is 0 Å². The van der Waals surface area contributed by atoms with Crippen molar-refractivity contribution in [1.29, 1.82) is 0 Å². The fraction of sp³-hybridized carbons (Fsp3) is 0.382. The summed E-state index contributed by atoms with van der Waals surface area (Å²) in [6, 6.07) is 15.6. The molecule has 4 rings (SSSR count). The number of amides is 3. The predicted molar refractivity (Wildman–Crippen MR) is 167 cm³/mol. The molecule has 1 saturated carbocycles. The quantitative estimate of drug-likeness (QED) is 0.241. The van der Waals surface area contributed by atoms with Crippen molar-refractivity contribution in [1.82, 2.24) is 10.2 Å². The van der Waals surface area contributed by atoms with Gasteiger partial charge in [-0.25, -0.2) is 4.79 Å². The van der Waals surface area contributed by atoms with Gasteiger partial charge in [-0.05, 0) is 105 Å². The standard InChI is InChI=1S/C34H41N3O7/c1-20-18-28(20)37(32(41)27(36-33(42)44-34(3,4)5)19-22-7-12-25(38)13-8-22)30(23-9-16-29(39)21(2)17-23)31(40)35-24-10-14-26(43-6)15-11-24/h7-17,20,27-28,30,38-39H,18-19H2,1-6H3,(H,35,40)(H,36,42). The average molecular weight is 604 g/mol. The summed E-state index contributed by atoms with van der Waals surface area (Å²) in [6.45, 7) is 8.92. The van der Waals surface area contributed by atoms with E-state index in [4.69, 9.17) is 9.47 Å². The highest BCUT2D eigenvalue weighted by molar-refractivity contribution is 5.99. The van der Waals surface area contributed by atoms with E-state index in [-0.39, 0.29) is 29.9 Å². The van der Waals surface area contributed by atoms with E-state index in [1.807, 2.05) is 6.92 Å². The zero-order valence-electron chi connectivity index (χ0n) is 26.0. The molecule has 44 heavy (non-hydrogen) atoms. The number of anilines is 1. The molecule has 10 nitrogen and oxygen atoms in total. The molecule has 1 aliphatic carbocycles. The van der Waals surface area contributed by atoms with Gasteiger partial charge in [0.2, 0.25) is 5.91 Å². The van der Waals surface area contributed by atoms with E-state index in [9.17, 15) is 24.6 Å². The third kappa shape index (κ3) is 8.21. The van der Waals surface area contributed by atoms with Gasteiger partial charge in [0.05, 0.1) is 7.11 Å². The summed E-state index contributed by atoms with van der Waals surface area (Å²) >= 11 is 0. The molecule has 0 spiro atoms. The molecule has 0 aliphatic heterocycles. The van der Waals surface area contributed by atoms with E-state index < -0.39 is 35.6 Å². The number of alkyl carbamates (subject to hydrolysis) is 1. The highest BCUT2D eigenvalue weighted by Gasteiger charge is 2.48. The second-order valence-electron chi connectivity index (χ2n) is 12.3. The Kier molecular flexibility index (Phi) is 9.71. The third-order valence-corrected chi connectivity index (χ3v) is 7.46. The number of rotatable bonds is 10. The maximum Gasteiger partial charge on any atom is 0.408 e. The molecule has 3 aromatic rings. The number of aromatic hydroxyl groups is 2. The van der Waals surface area contributed by atoms with Crippen LogP contribution in [0.15, 0.2) is 66.7 Å². The Labute approximate surface area is 258 Å². The van der Waals surface area contributed by atoms with Gasteiger partial charge in [-0.15, -0.1) is 0 Å². The van der Waals surface area contributed by atoms with Gasteiger partial charge in [0.25, 0.3) is 5.91 Å². The van der Waals surface area contributed by atoms with Gasteiger partial charge in [0.1, 0.15) is 34.9 Å². The van der Waals surface area contributed by atoms with Crippen LogP contribution in [0, 0.1) is 12.8 Å². The van der Waals surface area contributed by atoms with E-state index in [2.05, 4.69) is 10.6 Å². The number of benzene rings is 3. The monoisotopic (exact) mass is 603 g/mol. The van der Waals surface area contributed by atoms with Gasteiger partial charge >= 0.3 is 6.09 Å². The van der Waals surface area contributed by atoms with Crippen molar-refractivity contribution < 1.29 is 34.1 Å². The van der Waals surface area contributed by atoms with Crippen LogP contribution in [0.25, 0.3) is 0 Å². The minimum atomic E-state index is -1.09. The van der Waals surface area contributed by atoms with Crippen LogP contribution in [0.3, 0.4) is 0 Å². The van der Waals surface area contributed by atoms with Crippen molar-refractivity contribution >= 4 is 23.6 Å². The van der Waals surface area contributed by atoms with Crippen LogP contribution >= 0.6 is 0 Å². The molecular weight excluding hydrogens is 562 g/mol. The number of carbonyl (C=O) groups is 3. The second kappa shape index (κ2) is 13.3. The SMILES string of the molecule is COc1ccc(NC(=O)C(c2ccc(O)c(C)c2)N(C(=O)C(Cc2ccc(O)cc2)NC(=O)OC(C)(C)C)C2CC2C)cc1. The van der Waals surface area contributed by atoms with Gasteiger partial charge < -0.3 is 35.2 Å². The smallest absolute Gasteiger partial charge is 0.408 e. The Balaban J connectivity index is 1.76. The number of methoxy groups -OCH3 is 1. The lowest BCUT2D eigenvalue weighted by atomic mass is 9.98. The highest BCUT2D eigenvalue weighted by Crippen LogP contribution is 2.41. The predicted octanol–water partition coefficient (Wildman–Crippen LogP) is 5.47. The number of ether oxygens (including phenoxy) is 2. The van der Waals surface area contributed by atoms with Crippen LogP contribution < -0.4 is 15.4 Å². The summed E-state index contributed by atoms with van der Waals surface area (Å²) in [7, 11) is 1.55. The number of carbonyl (C=O) groups excluding carboxylic acids is 3. The molecule has 3 amide bonds. The molecule has 1 aliphatic rings. The fourth-order valence-corrected chi connectivity index (χ4v) is 5.04. The van der Waals surface area contributed by atoms with Gasteiger partial charge in [-0.3, -0.25) is 9.59 Å². The van der Waals surface area contributed by atoms with Crippen molar-refractivity contribution in [2.24, 2.45) is 5.92 Å². The molecule has 1 fully saturated rings. The molecule has 10 heteroatoms. The van der Waals surface area contributed by atoms with Crippen molar-refractivity contribution in [2.75, 3.05) is 12.4 Å². The molecule has 4 atom stereocenters. The van der Waals surface area contributed by atoms with Crippen molar-refractivity contribution in [3.63, 3.8) is 0 Å². The first-order valence-electron chi connectivity index (χ1n) is 14.6. The fourth-order valence-electron chi connectivity index (χ4n) is 5.04. The molecule has 4 N–H and O–H groups in total. The lowest BCUT2D eigenvalue weighted by molar-refractivity contribution is -0.141. The van der Waals surface area contributed by atoms with E-state index in [1.54, 1.807) is 88.2 Å². The molecule has 0 aromatic heterocycles. The zero-order chi connectivity index (χ0) is 32.2. The number of phenolic OH excluding ortho intramolecular Hbond substituents is 2. The Morgan fingerprint density at radius 2 is 1.64 bits per heavy atom. The van der Waals surface area contributed by atoms with Crippen LogP contribution in [-0.2, 0) is 20.7 Å². The molecule has 4 unspecified atom stereocenters. The first-order valence-corrected chi connectivity index (χ1v) is 14.6. The van der Waals surface area contributed by atoms with E-state index in [0.29, 0.717) is 34.5 Å². The third-order valence-electron chi connectivity index (χ3n) is 7.46. The minimum Gasteiger partial charge on any atom is -0.508 e. The maximum atomic E-state index is 14.6. The second-order valence-corrected chi connectivity index (χ2v) is 12.3. The van der Waals surface area contributed by atoms with Crippen LogP contribution in [0.5, 0.6) is 17.2 Å². The number of hydrogen-bond acceptors (Lipinski definition) is 7. The van der Waals surface area contributed by atoms with E-state index in [0.717, 1.165) is 0 Å². The number of nitrogens with zero attached hydrogens (tertiary/aromatic N) is 1. The molecular formula is C34H41N3O7. The highest BCUT2D eigenvalue weighted by atomic mass is 16.6. The van der Waals surface area contributed by atoms with E-state index in [1.165, 1.54) is 18.2 Å². The lowest BCUT2D eigenvalue weighted by Gasteiger charge is -2.35. The number of phenols is 2. The summed E-state index contributed by atoms with van der Waals surface area (Å²) in [4.78, 5) is 43.3.